The second-order valence-electron chi connectivity index (χ2n) is 5.30. The van der Waals surface area contributed by atoms with Gasteiger partial charge in [-0.05, 0) is 27.8 Å². The van der Waals surface area contributed by atoms with E-state index in [1.54, 1.807) is 0 Å². The molecule has 1 N–H and O–H groups in total. The molecule has 90 valence electrons. The number of hydrogen-bond donors (Lipinski definition) is 1. The van der Waals surface area contributed by atoms with Crippen LogP contribution in [0.25, 0.3) is 0 Å². The van der Waals surface area contributed by atoms with Gasteiger partial charge in [0.15, 0.2) is 0 Å². The van der Waals surface area contributed by atoms with Crippen molar-refractivity contribution in [3.8, 4) is 0 Å². The van der Waals surface area contributed by atoms with Crippen molar-refractivity contribution in [1.29, 1.82) is 0 Å². The Morgan fingerprint density at radius 1 is 1.33 bits per heavy atom. The number of nitrogens with zero attached hydrogens (tertiary/aromatic N) is 2. The second-order valence-corrected chi connectivity index (χ2v) is 5.30. The van der Waals surface area contributed by atoms with Gasteiger partial charge in [-0.2, -0.15) is 0 Å². The molecule has 1 rings (SSSR count). The lowest BCUT2D eigenvalue weighted by molar-refractivity contribution is -0.0960. The van der Waals surface area contributed by atoms with Crippen LogP contribution in [0.1, 0.15) is 20.8 Å². The molecule has 1 aliphatic heterocycles. The molecule has 0 saturated carbocycles. The van der Waals surface area contributed by atoms with Crippen LogP contribution in [0.15, 0.2) is 0 Å². The summed E-state index contributed by atoms with van der Waals surface area (Å²) >= 11 is 0. The number of hydrogen-bond acceptors (Lipinski definition) is 4. The standard InChI is InChI=1S/C11H24N2O2/c1-11(2,3)15-9-13-6-5-12(4)7-10(13)8-14/h10,14H,5-9H2,1-4H3. The Bertz CT molecular complexity index is 192. The zero-order valence-corrected chi connectivity index (χ0v) is 10.4. The van der Waals surface area contributed by atoms with Gasteiger partial charge in [-0.15, -0.1) is 0 Å². The van der Waals surface area contributed by atoms with Crippen LogP contribution in [0.4, 0.5) is 0 Å². The number of aliphatic hydroxyl groups excluding tert-OH is 1. The Labute approximate surface area is 92.8 Å². The maximum Gasteiger partial charge on any atom is 0.100 e. The van der Waals surface area contributed by atoms with Crippen molar-refractivity contribution in [2.24, 2.45) is 0 Å². The molecule has 1 fully saturated rings. The molecule has 1 saturated heterocycles. The van der Waals surface area contributed by atoms with Crippen LogP contribution in [0.2, 0.25) is 0 Å². The third-order valence-corrected chi connectivity index (χ3v) is 2.68. The molecule has 1 heterocycles. The summed E-state index contributed by atoms with van der Waals surface area (Å²) in [4.78, 5) is 4.46. The number of likely N-dealkylation sites (N-methyl/N-ethyl adjacent to an activating group) is 1. The van der Waals surface area contributed by atoms with Crippen molar-refractivity contribution in [3.63, 3.8) is 0 Å². The van der Waals surface area contributed by atoms with E-state index >= 15 is 0 Å². The molecule has 0 aliphatic carbocycles. The Morgan fingerprint density at radius 2 is 2.00 bits per heavy atom. The molecule has 1 atom stereocenters. The lowest BCUT2D eigenvalue weighted by Crippen LogP contribution is -2.54. The number of aliphatic hydroxyl groups is 1. The summed E-state index contributed by atoms with van der Waals surface area (Å²) in [6, 6.07) is 0.214. The lowest BCUT2D eigenvalue weighted by Gasteiger charge is -2.39. The molecule has 0 aromatic heterocycles. The van der Waals surface area contributed by atoms with Gasteiger partial charge in [0, 0.05) is 25.7 Å². The first-order valence-corrected chi connectivity index (χ1v) is 5.60. The van der Waals surface area contributed by atoms with Crippen molar-refractivity contribution in [3.05, 3.63) is 0 Å². The van der Waals surface area contributed by atoms with E-state index in [9.17, 15) is 5.11 Å². The van der Waals surface area contributed by atoms with E-state index in [-0.39, 0.29) is 18.2 Å². The van der Waals surface area contributed by atoms with Crippen LogP contribution < -0.4 is 0 Å². The summed E-state index contributed by atoms with van der Waals surface area (Å²) < 4.78 is 5.73. The first-order valence-electron chi connectivity index (χ1n) is 5.60. The monoisotopic (exact) mass is 216 g/mol. The largest absolute Gasteiger partial charge is 0.395 e. The van der Waals surface area contributed by atoms with E-state index in [2.05, 4.69) is 37.6 Å². The third-order valence-electron chi connectivity index (χ3n) is 2.68. The number of piperazine rings is 1. The van der Waals surface area contributed by atoms with Gasteiger partial charge in [0.25, 0.3) is 0 Å². The highest BCUT2D eigenvalue weighted by atomic mass is 16.5. The van der Waals surface area contributed by atoms with E-state index in [1.165, 1.54) is 0 Å². The topological polar surface area (TPSA) is 35.9 Å². The zero-order chi connectivity index (χ0) is 11.5. The normalized spacial score (nSPS) is 25.8. The molecule has 0 spiro atoms. The summed E-state index contributed by atoms with van der Waals surface area (Å²) in [7, 11) is 2.09. The minimum atomic E-state index is -0.108. The number of rotatable bonds is 3. The van der Waals surface area contributed by atoms with Gasteiger partial charge in [0.1, 0.15) is 6.73 Å². The Morgan fingerprint density at radius 3 is 2.53 bits per heavy atom. The minimum Gasteiger partial charge on any atom is -0.395 e. The Kier molecular flexibility index (Phi) is 4.52. The highest BCUT2D eigenvalue weighted by Gasteiger charge is 2.25. The van der Waals surface area contributed by atoms with Crippen molar-refractivity contribution in [1.82, 2.24) is 9.80 Å². The van der Waals surface area contributed by atoms with Crippen LogP contribution in [0.3, 0.4) is 0 Å². The van der Waals surface area contributed by atoms with E-state index < -0.39 is 0 Å². The van der Waals surface area contributed by atoms with Gasteiger partial charge < -0.3 is 14.7 Å². The molecule has 0 aromatic rings. The predicted molar refractivity (Wildman–Crippen MR) is 60.8 cm³/mol. The molecule has 0 amide bonds. The summed E-state index contributed by atoms with van der Waals surface area (Å²) in [6.07, 6.45) is 0. The molecule has 1 aliphatic rings. The lowest BCUT2D eigenvalue weighted by atomic mass is 10.2. The van der Waals surface area contributed by atoms with Crippen LogP contribution >= 0.6 is 0 Å². The van der Waals surface area contributed by atoms with Crippen LogP contribution in [-0.4, -0.2) is 66.6 Å². The highest BCUT2D eigenvalue weighted by Crippen LogP contribution is 2.12. The van der Waals surface area contributed by atoms with Gasteiger partial charge in [0.2, 0.25) is 0 Å². The first kappa shape index (κ1) is 12.9. The van der Waals surface area contributed by atoms with Gasteiger partial charge in [0.05, 0.1) is 12.2 Å². The fourth-order valence-corrected chi connectivity index (χ4v) is 1.67. The minimum absolute atomic E-state index is 0.108. The Balaban J connectivity index is 2.39. The summed E-state index contributed by atoms with van der Waals surface area (Å²) in [5.41, 5.74) is -0.108. The molecule has 0 aromatic carbocycles. The maximum atomic E-state index is 9.28. The molecule has 0 bridgehead atoms. The molecule has 4 heteroatoms. The molecule has 1 unspecified atom stereocenters. The van der Waals surface area contributed by atoms with E-state index in [1.807, 2.05) is 0 Å². The van der Waals surface area contributed by atoms with E-state index in [0.717, 1.165) is 19.6 Å². The third kappa shape index (κ3) is 4.47. The Hall–Kier alpha value is -0.160. The van der Waals surface area contributed by atoms with Gasteiger partial charge in [-0.25, -0.2) is 0 Å². The fraction of sp³-hybridized carbons (Fsp3) is 1.00. The van der Waals surface area contributed by atoms with Crippen LogP contribution in [0, 0.1) is 0 Å². The molecule has 15 heavy (non-hydrogen) atoms. The summed E-state index contributed by atoms with van der Waals surface area (Å²) in [6.45, 7) is 9.91. The molecular formula is C11H24N2O2. The van der Waals surface area contributed by atoms with Crippen LogP contribution in [0.5, 0.6) is 0 Å². The van der Waals surface area contributed by atoms with Gasteiger partial charge >= 0.3 is 0 Å². The molecular weight excluding hydrogens is 192 g/mol. The van der Waals surface area contributed by atoms with Crippen LogP contribution in [-0.2, 0) is 4.74 Å². The van der Waals surface area contributed by atoms with Crippen molar-refractivity contribution >= 4 is 0 Å². The highest BCUT2D eigenvalue weighted by molar-refractivity contribution is 4.78. The average Bonchev–Trinajstić information content (AvgIpc) is 2.14. The summed E-state index contributed by atoms with van der Waals surface area (Å²) in [5, 5.41) is 9.28. The van der Waals surface area contributed by atoms with Crippen molar-refractivity contribution < 1.29 is 9.84 Å². The molecule has 0 radical (unpaired) electrons. The quantitative estimate of drug-likeness (QED) is 0.739. The van der Waals surface area contributed by atoms with E-state index in [0.29, 0.717) is 6.73 Å². The van der Waals surface area contributed by atoms with Gasteiger partial charge in [-0.3, -0.25) is 4.90 Å². The first-order chi connectivity index (χ1) is 6.92. The SMILES string of the molecule is CN1CCN(COC(C)(C)C)C(CO)C1. The smallest absolute Gasteiger partial charge is 0.100 e. The predicted octanol–water partition coefficient (Wildman–Crippen LogP) is 0.367. The average molecular weight is 216 g/mol. The second kappa shape index (κ2) is 5.25. The van der Waals surface area contributed by atoms with Crippen molar-refractivity contribution in [2.45, 2.75) is 32.4 Å². The fourth-order valence-electron chi connectivity index (χ4n) is 1.67. The van der Waals surface area contributed by atoms with Crippen molar-refractivity contribution in [2.75, 3.05) is 40.0 Å². The summed E-state index contributed by atoms with van der Waals surface area (Å²) in [5.74, 6) is 0. The number of ether oxygens (including phenoxy) is 1. The van der Waals surface area contributed by atoms with Gasteiger partial charge in [-0.1, -0.05) is 0 Å². The zero-order valence-electron chi connectivity index (χ0n) is 10.4. The molecule has 4 nitrogen and oxygen atoms in total. The maximum absolute atomic E-state index is 9.28. The van der Waals surface area contributed by atoms with E-state index in [4.69, 9.17) is 4.74 Å².